The van der Waals surface area contributed by atoms with E-state index in [9.17, 15) is 0 Å². The first-order valence-corrected chi connectivity index (χ1v) is 3.05. The maximum Gasteiger partial charge on any atom is 0.140 e. The Morgan fingerprint density at radius 2 is 2.14 bits per heavy atom. The summed E-state index contributed by atoms with van der Waals surface area (Å²) in [7, 11) is 0. The second-order valence-corrected chi connectivity index (χ2v) is 2.01. The summed E-state index contributed by atoms with van der Waals surface area (Å²) >= 11 is 0. The summed E-state index contributed by atoms with van der Waals surface area (Å²) in [5.74, 6) is 0. The van der Waals surface area contributed by atoms with E-state index in [1.54, 1.807) is 0 Å². The molecule has 40 valence electrons. The molecule has 1 aliphatic heterocycles. The van der Waals surface area contributed by atoms with E-state index in [1.165, 1.54) is 32.2 Å². The predicted molar refractivity (Wildman–Crippen MR) is 30.4 cm³/mol. The van der Waals surface area contributed by atoms with Crippen molar-refractivity contribution < 1.29 is 4.99 Å². The molecule has 0 aliphatic carbocycles. The summed E-state index contributed by atoms with van der Waals surface area (Å²) in [6.07, 6.45) is 7.58. The van der Waals surface area contributed by atoms with Crippen LogP contribution >= 0.6 is 0 Å². The molecular weight excluding hydrogens is 86.1 g/mol. The van der Waals surface area contributed by atoms with Gasteiger partial charge in [0.05, 0.1) is 0 Å². The van der Waals surface area contributed by atoms with Crippen molar-refractivity contribution in [3.63, 3.8) is 0 Å². The highest BCUT2D eigenvalue weighted by Gasteiger charge is 1.94. The Hall–Kier alpha value is -0.330. The first-order valence-electron chi connectivity index (χ1n) is 3.05. The molecule has 0 saturated carbocycles. The van der Waals surface area contributed by atoms with Crippen molar-refractivity contribution >= 4 is 6.21 Å². The van der Waals surface area contributed by atoms with E-state index >= 15 is 0 Å². The monoisotopic (exact) mass is 98.1 g/mol. The highest BCUT2D eigenvalue weighted by molar-refractivity contribution is 5.49. The summed E-state index contributed by atoms with van der Waals surface area (Å²) in [5, 5.41) is 0. The van der Waals surface area contributed by atoms with Gasteiger partial charge in [-0.3, -0.25) is 4.99 Å². The van der Waals surface area contributed by atoms with Crippen LogP contribution in [0, 0.1) is 0 Å². The minimum atomic E-state index is 1.19. The van der Waals surface area contributed by atoms with Crippen molar-refractivity contribution in [2.45, 2.75) is 25.7 Å². The van der Waals surface area contributed by atoms with Crippen molar-refractivity contribution in [2.24, 2.45) is 0 Å². The van der Waals surface area contributed by atoms with Gasteiger partial charge in [0.2, 0.25) is 0 Å². The van der Waals surface area contributed by atoms with E-state index in [2.05, 4.69) is 11.2 Å². The Kier molecular flexibility index (Phi) is 1.91. The fourth-order valence-corrected chi connectivity index (χ4v) is 0.854. The largest absolute Gasteiger partial charge is 0.252 e. The average Bonchev–Trinajstić information content (AvgIpc) is 1.90. The van der Waals surface area contributed by atoms with Gasteiger partial charge in [0.15, 0.2) is 0 Å². The molecule has 0 aromatic carbocycles. The van der Waals surface area contributed by atoms with Gasteiger partial charge in [0.25, 0.3) is 0 Å². The lowest BCUT2D eigenvalue weighted by Gasteiger charge is -1.82. The Bertz CT molecular complexity index is 58.6. The van der Waals surface area contributed by atoms with Crippen LogP contribution in [-0.4, -0.2) is 12.8 Å². The van der Waals surface area contributed by atoms with Gasteiger partial charge in [-0.15, -0.1) is 0 Å². The van der Waals surface area contributed by atoms with Crippen LogP contribution in [0.15, 0.2) is 0 Å². The van der Waals surface area contributed by atoms with Crippen LogP contribution in [-0.2, 0) is 0 Å². The third kappa shape index (κ3) is 1.72. The van der Waals surface area contributed by atoms with Crippen molar-refractivity contribution in [1.29, 1.82) is 0 Å². The smallest absolute Gasteiger partial charge is 0.140 e. The molecule has 1 nitrogen and oxygen atoms in total. The number of hydrogen-bond donors (Lipinski definition) is 1. The second kappa shape index (κ2) is 2.78. The van der Waals surface area contributed by atoms with Crippen molar-refractivity contribution in [2.75, 3.05) is 6.54 Å². The molecule has 7 heavy (non-hydrogen) atoms. The SMILES string of the molecule is C1=[NH+]CCCCC1. The Morgan fingerprint density at radius 3 is 3.14 bits per heavy atom. The number of rotatable bonds is 0. The van der Waals surface area contributed by atoms with Gasteiger partial charge < -0.3 is 0 Å². The molecule has 1 rings (SSSR count). The van der Waals surface area contributed by atoms with Crippen LogP contribution < -0.4 is 4.99 Å². The number of nitrogens with one attached hydrogen (secondary N) is 1. The third-order valence-electron chi connectivity index (χ3n) is 1.31. The van der Waals surface area contributed by atoms with Crippen LogP contribution in [0.2, 0.25) is 0 Å². The molecule has 0 fully saturated rings. The van der Waals surface area contributed by atoms with Gasteiger partial charge in [-0.1, -0.05) is 0 Å². The van der Waals surface area contributed by atoms with Gasteiger partial charge in [-0.25, -0.2) is 0 Å². The zero-order chi connectivity index (χ0) is 4.95. The van der Waals surface area contributed by atoms with Crippen LogP contribution in [0.5, 0.6) is 0 Å². The fraction of sp³-hybridized carbons (Fsp3) is 0.833. The molecule has 1 aliphatic rings. The van der Waals surface area contributed by atoms with E-state index in [4.69, 9.17) is 0 Å². The van der Waals surface area contributed by atoms with Crippen molar-refractivity contribution in [1.82, 2.24) is 0 Å². The molecule has 0 aromatic heterocycles. The van der Waals surface area contributed by atoms with E-state index in [0.29, 0.717) is 0 Å². The van der Waals surface area contributed by atoms with Gasteiger partial charge in [-0.2, -0.15) is 0 Å². The summed E-state index contributed by atoms with van der Waals surface area (Å²) in [6.45, 7) is 1.19. The van der Waals surface area contributed by atoms with E-state index in [0.717, 1.165) is 0 Å². The zero-order valence-electron chi connectivity index (χ0n) is 4.61. The minimum Gasteiger partial charge on any atom is -0.252 e. The molecule has 1 heterocycles. The summed E-state index contributed by atoms with van der Waals surface area (Å²) in [4.78, 5) is 3.22. The normalized spacial score (nSPS) is 21.7. The molecular formula is C6H12N+. The van der Waals surface area contributed by atoms with E-state index in [-0.39, 0.29) is 0 Å². The molecule has 0 saturated heterocycles. The quantitative estimate of drug-likeness (QED) is 0.428. The topological polar surface area (TPSA) is 14.0 Å². The Balaban J connectivity index is 2.20. The second-order valence-electron chi connectivity index (χ2n) is 2.01. The Labute approximate surface area is 44.5 Å². The number of hydrogen-bond acceptors (Lipinski definition) is 0. The summed E-state index contributed by atoms with van der Waals surface area (Å²) in [6, 6.07) is 0. The van der Waals surface area contributed by atoms with Crippen LogP contribution in [0.3, 0.4) is 0 Å². The molecule has 0 spiro atoms. The molecule has 0 atom stereocenters. The van der Waals surface area contributed by atoms with Gasteiger partial charge in [0.1, 0.15) is 12.8 Å². The van der Waals surface area contributed by atoms with Gasteiger partial charge >= 0.3 is 0 Å². The van der Waals surface area contributed by atoms with Crippen molar-refractivity contribution in [3.8, 4) is 0 Å². The van der Waals surface area contributed by atoms with Gasteiger partial charge in [0, 0.05) is 12.8 Å². The Morgan fingerprint density at radius 1 is 1.14 bits per heavy atom. The highest BCUT2D eigenvalue weighted by Crippen LogP contribution is 1.95. The first kappa shape index (κ1) is 4.82. The summed E-state index contributed by atoms with van der Waals surface area (Å²) in [5.41, 5.74) is 0. The molecule has 0 unspecified atom stereocenters. The lowest BCUT2D eigenvalue weighted by atomic mass is 10.2. The average molecular weight is 98.2 g/mol. The van der Waals surface area contributed by atoms with E-state index in [1.807, 2.05) is 0 Å². The standard InChI is InChI=1S/C6H11N/c1-2-4-6-7-5-3-1/h5H,1-4,6H2/p+1. The summed E-state index contributed by atoms with van der Waals surface area (Å²) < 4.78 is 0. The van der Waals surface area contributed by atoms with Crippen LogP contribution in [0.4, 0.5) is 0 Å². The van der Waals surface area contributed by atoms with Gasteiger partial charge in [-0.05, 0) is 12.8 Å². The first-order chi connectivity index (χ1) is 3.50. The predicted octanol–water partition coefficient (Wildman–Crippen LogP) is -0.288. The van der Waals surface area contributed by atoms with Crippen molar-refractivity contribution in [3.05, 3.63) is 0 Å². The molecule has 0 radical (unpaired) electrons. The molecule has 0 amide bonds. The lowest BCUT2D eigenvalue weighted by molar-refractivity contribution is -0.452. The lowest BCUT2D eigenvalue weighted by Crippen LogP contribution is -2.68. The molecule has 1 heteroatoms. The van der Waals surface area contributed by atoms with Crippen LogP contribution in [0.1, 0.15) is 25.7 Å². The van der Waals surface area contributed by atoms with Crippen LogP contribution in [0.25, 0.3) is 0 Å². The maximum atomic E-state index is 3.22. The van der Waals surface area contributed by atoms with E-state index < -0.39 is 0 Å². The molecule has 1 N–H and O–H groups in total. The molecule has 0 aromatic rings. The minimum absolute atomic E-state index is 1.19. The fourth-order valence-electron chi connectivity index (χ4n) is 0.854. The zero-order valence-corrected chi connectivity index (χ0v) is 4.61. The maximum absolute atomic E-state index is 3.22. The third-order valence-corrected chi connectivity index (χ3v) is 1.31. The molecule has 0 bridgehead atoms. The highest BCUT2D eigenvalue weighted by atomic mass is 14.7.